The highest BCUT2D eigenvalue weighted by molar-refractivity contribution is 5.99. The van der Waals surface area contributed by atoms with E-state index in [1.165, 1.54) is 0 Å². The van der Waals surface area contributed by atoms with Crippen LogP contribution in [0.2, 0.25) is 0 Å². The van der Waals surface area contributed by atoms with Crippen LogP contribution in [0.25, 0.3) is 22.4 Å². The summed E-state index contributed by atoms with van der Waals surface area (Å²) >= 11 is 0. The molecular formula is C25H40N2O. The van der Waals surface area contributed by atoms with E-state index in [2.05, 4.69) is 4.98 Å². The van der Waals surface area contributed by atoms with Crippen LogP contribution in [0, 0.1) is 0 Å². The first kappa shape index (κ1) is 27.8. The van der Waals surface area contributed by atoms with Gasteiger partial charge in [0, 0.05) is 5.56 Å². The zero-order valence-electron chi connectivity index (χ0n) is 19.6. The summed E-state index contributed by atoms with van der Waals surface area (Å²) in [4.78, 5) is 16.8. The van der Waals surface area contributed by atoms with Crippen molar-refractivity contribution in [3.05, 3.63) is 54.1 Å². The van der Waals surface area contributed by atoms with Gasteiger partial charge in [-0.05, 0) is 17.7 Å². The van der Waals surface area contributed by atoms with Crippen LogP contribution in [0.15, 0.2) is 48.5 Å². The minimum Gasteiger partial charge on any atom is -0.274 e. The number of carbonyl (C=O) groups is 1. The highest BCUT2D eigenvalue weighted by Crippen LogP contribution is 2.31. The summed E-state index contributed by atoms with van der Waals surface area (Å²) in [6.07, 6.45) is 0.448. The smallest absolute Gasteiger partial charge is 0.237 e. The SMILES string of the molecule is CC.CC.CC.CC.CC.O=C1Cc2ccccc2-c2nc3ccccc3n21. The Kier molecular flexibility index (Phi) is 16.6. The minimum absolute atomic E-state index is 0.0948. The van der Waals surface area contributed by atoms with Crippen molar-refractivity contribution >= 4 is 16.9 Å². The van der Waals surface area contributed by atoms with Gasteiger partial charge < -0.3 is 0 Å². The van der Waals surface area contributed by atoms with Crippen LogP contribution < -0.4 is 0 Å². The van der Waals surface area contributed by atoms with Crippen molar-refractivity contribution in [2.45, 2.75) is 75.7 Å². The molecule has 0 amide bonds. The summed E-state index contributed by atoms with van der Waals surface area (Å²) in [6, 6.07) is 15.7. The van der Waals surface area contributed by atoms with E-state index in [9.17, 15) is 4.79 Å². The molecule has 3 aromatic rings. The Bertz CT molecular complexity index is 788. The average molecular weight is 385 g/mol. The van der Waals surface area contributed by atoms with E-state index >= 15 is 0 Å². The molecule has 0 saturated carbocycles. The molecule has 2 heterocycles. The van der Waals surface area contributed by atoms with Crippen LogP contribution in [0.4, 0.5) is 0 Å². The molecule has 0 atom stereocenters. The fourth-order valence-corrected chi connectivity index (χ4v) is 2.59. The van der Waals surface area contributed by atoms with Gasteiger partial charge >= 0.3 is 0 Å². The third-order valence-corrected chi connectivity index (χ3v) is 3.41. The average Bonchev–Trinajstić information content (AvgIpc) is 3.21. The second-order valence-corrected chi connectivity index (χ2v) is 4.49. The molecule has 2 aromatic carbocycles. The van der Waals surface area contributed by atoms with Crippen LogP contribution in [-0.2, 0) is 6.42 Å². The van der Waals surface area contributed by atoms with Crippen LogP contribution >= 0.6 is 0 Å². The third kappa shape index (κ3) is 6.33. The first-order valence-corrected chi connectivity index (χ1v) is 10.9. The fraction of sp³-hybridized carbons (Fsp3) is 0.440. The van der Waals surface area contributed by atoms with Crippen molar-refractivity contribution < 1.29 is 4.79 Å². The zero-order valence-corrected chi connectivity index (χ0v) is 19.6. The maximum atomic E-state index is 12.2. The van der Waals surface area contributed by atoms with E-state index in [0.717, 1.165) is 28.0 Å². The molecular weight excluding hydrogens is 344 g/mol. The second kappa shape index (κ2) is 16.7. The number of fused-ring (bicyclic) bond motifs is 5. The second-order valence-electron chi connectivity index (χ2n) is 4.49. The normalized spacial score (nSPS) is 9.71. The van der Waals surface area contributed by atoms with Gasteiger partial charge in [-0.2, -0.15) is 0 Å². The van der Waals surface area contributed by atoms with E-state index < -0.39 is 0 Å². The Labute approximate surface area is 172 Å². The number of hydrogen-bond donors (Lipinski definition) is 0. The highest BCUT2D eigenvalue weighted by Gasteiger charge is 2.25. The molecule has 0 N–H and O–H groups in total. The molecule has 1 aromatic heterocycles. The predicted molar refractivity (Wildman–Crippen MR) is 126 cm³/mol. The lowest BCUT2D eigenvalue weighted by Gasteiger charge is -2.16. The number of imidazole rings is 1. The number of carbonyl (C=O) groups excluding carboxylic acids is 1. The van der Waals surface area contributed by atoms with Crippen molar-refractivity contribution in [2.24, 2.45) is 0 Å². The van der Waals surface area contributed by atoms with Gasteiger partial charge in [-0.1, -0.05) is 106 Å². The lowest BCUT2D eigenvalue weighted by atomic mass is 10.0. The van der Waals surface area contributed by atoms with Gasteiger partial charge in [0.2, 0.25) is 5.91 Å². The molecule has 0 aliphatic carbocycles. The summed E-state index contributed by atoms with van der Waals surface area (Å²) in [7, 11) is 0. The number of nitrogens with zero attached hydrogens (tertiary/aromatic N) is 2. The number of aromatic nitrogens is 2. The van der Waals surface area contributed by atoms with E-state index in [-0.39, 0.29) is 5.91 Å². The van der Waals surface area contributed by atoms with E-state index in [1.807, 2.05) is 118 Å². The van der Waals surface area contributed by atoms with Crippen molar-refractivity contribution in [1.82, 2.24) is 9.55 Å². The highest BCUT2D eigenvalue weighted by atomic mass is 16.2. The number of rotatable bonds is 0. The Hall–Kier alpha value is -2.42. The first-order valence-electron chi connectivity index (χ1n) is 10.9. The number of hydrogen-bond acceptors (Lipinski definition) is 2. The Morgan fingerprint density at radius 1 is 0.714 bits per heavy atom. The van der Waals surface area contributed by atoms with E-state index in [1.54, 1.807) is 4.57 Å². The first-order chi connectivity index (χ1) is 13.8. The van der Waals surface area contributed by atoms with Crippen molar-refractivity contribution in [1.29, 1.82) is 0 Å². The molecule has 0 radical (unpaired) electrons. The van der Waals surface area contributed by atoms with E-state index in [0.29, 0.717) is 6.42 Å². The summed E-state index contributed by atoms with van der Waals surface area (Å²) in [5, 5.41) is 0. The lowest BCUT2D eigenvalue weighted by Crippen LogP contribution is -2.20. The van der Waals surface area contributed by atoms with Crippen LogP contribution in [0.3, 0.4) is 0 Å². The van der Waals surface area contributed by atoms with Crippen molar-refractivity contribution in [3.63, 3.8) is 0 Å². The molecule has 156 valence electrons. The van der Waals surface area contributed by atoms with Gasteiger partial charge in [0.05, 0.1) is 17.5 Å². The molecule has 4 rings (SSSR count). The molecule has 3 heteroatoms. The van der Waals surface area contributed by atoms with Gasteiger partial charge in [-0.25, -0.2) is 4.98 Å². The Morgan fingerprint density at radius 2 is 1.21 bits per heavy atom. The molecule has 28 heavy (non-hydrogen) atoms. The van der Waals surface area contributed by atoms with Crippen molar-refractivity contribution in [3.8, 4) is 11.4 Å². The largest absolute Gasteiger partial charge is 0.274 e. The maximum Gasteiger partial charge on any atom is 0.237 e. The lowest BCUT2D eigenvalue weighted by molar-refractivity contribution is 0.0917. The van der Waals surface area contributed by atoms with Crippen molar-refractivity contribution in [2.75, 3.05) is 0 Å². The molecule has 1 aliphatic rings. The van der Waals surface area contributed by atoms with Gasteiger partial charge in [0.1, 0.15) is 5.82 Å². The molecule has 3 nitrogen and oxygen atoms in total. The molecule has 1 aliphatic heterocycles. The number of benzene rings is 2. The third-order valence-electron chi connectivity index (χ3n) is 3.41. The summed E-state index contributed by atoms with van der Waals surface area (Å²) in [6.45, 7) is 20.0. The zero-order chi connectivity index (χ0) is 22.1. The molecule has 0 saturated heterocycles. The Balaban J connectivity index is 0. The maximum absolute atomic E-state index is 12.2. The predicted octanol–water partition coefficient (Wildman–Crippen LogP) is 8.03. The topological polar surface area (TPSA) is 34.9 Å². The van der Waals surface area contributed by atoms with Crippen LogP contribution in [-0.4, -0.2) is 15.5 Å². The number of para-hydroxylation sites is 2. The monoisotopic (exact) mass is 384 g/mol. The molecule has 0 unspecified atom stereocenters. The molecule has 0 bridgehead atoms. The standard InChI is InChI=1S/C15H10N2O.5C2H6/c18-14-9-10-5-1-2-6-11(10)15-16-12-7-3-4-8-13(12)17(14)15;5*1-2/h1-8H,9H2;5*1-2H3. The van der Waals surface area contributed by atoms with Crippen LogP contribution in [0.1, 0.15) is 79.6 Å². The quantitative estimate of drug-likeness (QED) is 0.393. The van der Waals surface area contributed by atoms with Gasteiger partial charge in [0.25, 0.3) is 0 Å². The minimum atomic E-state index is 0.0948. The van der Waals surface area contributed by atoms with Gasteiger partial charge in [-0.3, -0.25) is 9.36 Å². The Morgan fingerprint density at radius 3 is 1.82 bits per heavy atom. The van der Waals surface area contributed by atoms with Gasteiger partial charge in [-0.15, -0.1) is 0 Å². The summed E-state index contributed by atoms with van der Waals surface area (Å²) < 4.78 is 1.73. The fourth-order valence-electron chi connectivity index (χ4n) is 2.59. The van der Waals surface area contributed by atoms with Crippen LogP contribution in [0.5, 0.6) is 0 Å². The van der Waals surface area contributed by atoms with E-state index in [4.69, 9.17) is 0 Å². The summed E-state index contributed by atoms with van der Waals surface area (Å²) in [5.74, 6) is 0.862. The molecule has 0 spiro atoms. The summed E-state index contributed by atoms with van der Waals surface area (Å²) in [5.41, 5.74) is 3.89. The van der Waals surface area contributed by atoms with Gasteiger partial charge in [0.15, 0.2) is 0 Å². The molecule has 0 fully saturated rings.